The van der Waals surface area contributed by atoms with Crippen molar-refractivity contribution in [2.45, 2.75) is 12.6 Å². The van der Waals surface area contributed by atoms with E-state index in [2.05, 4.69) is 23.1 Å². The molecule has 1 aromatic carbocycles. The summed E-state index contributed by atoms with van der Waals surface area (Å²) >= 11 is 1.77. The van der Waals surface area contributed by atoms with Crippen LogP contribution in [0.5, 0.6) is 0 Å². The summed E-state index contributed by atoms with van der Waals surface area (Å²) in [5, 5.41) is 10.2. The fourth-order valence-corrected chi connectivity index (χ4v) is 3.44. The number of aliphatic carboxylic acids is 1. The van der Waals surface area contributed by atoms with Crippen molar-refractivity contribution >= 4 is 27.4 Å². The molecular formula is C14H15NO3S. The molecule has 0 aliphatic carbocycles. The first-order chi connectivity index (χ1) is 9.22. The lowest BCUT2D eigenvalue weighted by Gasteiger charge is -2.30. The normalized spacial score (nSPS) is 20.7. The van der Waals surface area contributed by atoms with E-state index in [0.717, 1.165) is 13.1 Å². The topological polar surface area (TPSA) is 49.8 Å². The molecule has 1 N–H and O–H groups in total. The van der Waals surface area contributed by atoms with Crippen molar-refractivity contribution in [1.82, 2.24) is 4.90 Å². The fourth-order valence-electron chi connectivity index (χ4n) is 2.33. The van der Waals surface area contributed by atoms with Gasteiger partial charge in [0.05, 0.1) is 6.61 Å². The number of fused-ring (bicyclic) bond motifs is 1. The van der Waals surface area contributed by atoms with Gasteiger partial charge in [-0.1, -0.05) is 18.2 Å². The van der Waals surface area contributed by atoms with Crippen molar-refractivity contribution in [2.24, 2.45) is 0 Å². The van der Waals surface area contributed by atoms with Crippen molar-refractivity contribution in [3.05, 3.63) is 35.2 Å². The first-order valence-corrected chi connectivity index (χ1v) is 7.08. The number of ether oxygens (including phenoxy) is 1. The van der Waals surface area contributed by atoms with Crippen LogP contribution in [-0.4, -0.2) is 41.8 Å². The van der Waals surface area contributed by atoms with Gasteiger partial charge in [-0.3, -0.25) is 4.90 Å². The van der Waals surface area contributed by atoms with E-state index in [-0.39, 0.29) is 0 Å². The lowest BCUT2D eigenvalue weighted by atomic mass is 10.2. The second-order valence-corrected chi connectivity index (χ2v) is 5.85. The quantitative estimate of drug-likeness (QED) is 0.934. The second kappa shape index (κ2) is 5.28. The molecular weight excluding hydrogens is 262 g/mol. The number of rotatable bonds is 3. The van der Waals surface area contributed by atoms with E-state index in [1.807, 2.05) is 12.1 Å². The summed E-state index contributed by atoms with van der Waals surface area (Å²) in [7, 11) is 0. The third kappa shape index (κ3) is 2.78. The van der Waals surface area contributed by atoms with Gasteiger partial charge in [0.1, 0.15) is 0 Å². The highest BCUT2D eigenvalue weighted by atomic mass is 32.1. The van der Waals surface area contributed by atoms with Gasteiger partial charge in [0.15, 0.2) is 6.10 Å². The van der Waals surface area contributed by atoms with Gasteiger partial charge in [0.25, 0.3) is 0 Å². The monoisotopic (exact) mass is 277 g/mol. The molecule has 0 amide bonds. The highest BCUT2D eigenvalue weighted by molar-refractivity contribution is 7.19. The Kier molecular flexibility index (Phi) is 3.50. The Labute approximate surface area is 115 Å². The van der Waals surface area contributed by atoms with Crippen LogP contribution in [0.2, 0.25) is 0 Å². The van der Waals surface area contributed by atoms with Gasteiger partial charge in [-0.25, -0.2) is 4.79 Å². The van der Waals surface area contributed by atoms with Crippen LogP contribution in [-0.2, 0) is 16.1 Å². The standard InChI is InChI=1S/C14H15NO3S/c16-14(17)12-9-15(5-6-18-12)8-11-7-10-3-1-2-4-13(10)19-11/h1-4,7,12H,5-6,8-9H2,(H,16,17)/t12-/m1/s1. The average molecular weight is 277 g/mol. The predicted molar refractivity (Wildman–Crippen MR) is 74.5 cm³/mol. The van der Waals surface area contributed by atoms with Gasteiger partial charge < -0.3 is 9.84 Å². The third-order valence-electron chi connectivity index (χ3n) is 3.28. The number of hydrogen-bond donors (Lipinski definition) is 1. The minimum atomic E-state index is -0.874. The van der Waals surface area contributed by atoms with Gasteiger partial charge in [-0.2, -0.15) is 0 Å². The fraction of sp³-hybridized carbons (Fsp3) is 0.357. The van der Waals surface area contributed by atoms with E-state index in [4.69, 9.17) is 9.84 Å². The van der Waals surface area contributed by atoms with E-state index >= 15 is 0 Å². The van der Waals surface area contributed by atoms with Crippen LogP contribution in [0.25, 0.3) is 10.1 Å². The number of nitrogens with zero attached hydrogens (tertiary/aromatic N) is 1. The van der Waals surface area contributed by atoms with Crippen LogP contribution in [0.4, 0.5) is 0 Å². The maximum atomic E-state index is 10.9. The molecule has 1 aliphatic heterocycles. The van der Waals surface area contributed by atoms with E-state index in [1.165, 1.54) is 15.0 Å². The Balaban J connectivity index is 1.72. The second-order valence-electron chi connectivity index (χ2n) is 4.68. The molecule has 4 nitrogen and oxygen atoms in total. The van der Waals surface area contributed by atoms with Crippen LogP contribution in [0.15, 0.2) is 30.3 Å². The van der Waals surface area contributed by atoms with Crippen molar-refractivity contribution in [1.29, 1.82) is 0 Å². The third-order valence-corrected chi connectivity index (χ3v) is 4.38. The molecule has 3 rings (SSSR count). The summed E-state index contributed by atoms with van der Waals surface area (Å²) in [5.74, 6) is -0.874. The minimum absolute atomic E-state index is 0.462. The zero-order valence-corrected chi connectivity index (χ0v) is 11.2. The summed E-state index contributed by atoms with van der Waals surface area (Å²) in [6, 6.07) is 10.5. The predicted octanol–water partition coefficient (Wildman–Crippen LogP) is 2.19. The Morgan fingerprint density at radius 1 is 1.47 bits per heavy atom. The number of thiophene rings is 1. The molecule has 1 atom stereocenters. The van der Waals surface area contributed by atoms with Crippen molar-refractivity contribution < 1.29 is 14.6 Å². The van der Waals surface area contributed by atoms with Crippen molar-refractivity contribution in [3.8, 4) is 0 Å². The van der Waals surface area contributed by atoms with Crippen molar-refractivity contribution in [3.63, 3.8) is 0 Å². The number of morpholine rings is 1. The largest absolute Gasteiger partial charge is 0.479 e. The minimum Gasteiger partial charge on any atom is -0.479 e. The highest BCUT2D eigenvalue weighted by Crippen LogP contribution is 2.26. The molecule has 1 saturated heterocycles. The Bertz CT molecular complexity index is 562. The smallest absolute Gasteiger partial charge is 0.334 e. The SMILES string of the molecule is O=C(O)[C@H]1CN(Cc2cc3ccccc3s2)CCO1. The van der Waals surface area contributed by atoms with E-state index in [1.54, 1.807) is 11.3 Å². The van der Waals surface area contributed by atoms with E-state index in [0.29, 0.717) is 13.2 Å². The number of carboxylic acid groups (broad SMARTS) is 1. The first kappa shape index (κ1) is 12.6. The lowest BCUT2D eigenvalue weighted by Crippen LogP contribution is -2.45. The number of carbonyl (C=O) groups is 1. The molecule has 19 heavy (non-hydrogen) atoms. The number of hydrogen-bond acceptors (Lipinski definition) is 4. The van der Waals surface area contributed by atoms with Gasteiger partial charge in [-0.15, -0.1) is 11.3 Å². The van der Waals surface area contributed by atoms with Crippen LogP contribution in [0.1, 0.15) is 4.88 Å². The zero-order chi connectivity index (χ0) is 13.2. The Morgan fingerprint density at radius 2 is 2.32 bits per heavy atom. The summed E-state index contributed by atoms with van der Waals surface area (Å²) in [6.45, 7) is 2.54. The molecule has 0 spiro atoms. The molecule has 100 valence electrons. The summed E-state index contributed by atoms with van der Waals surface area (Å²) < 4.78 is 6.51. The lowest BCUT2D eigenvalue weighted by molar-refractivity contribution is -0.156. The first-order valence-electron chi connectivity index (χ1n) is 6.26. The summed E-state index contributed by atoms with van der Waals surface area (Å²) in [4.78, 5) is 14.4. The Morgan fingerprint density at radius 3 is 3.11 bits per heavy atom. The van der Waals surface area contributed by atoms with Crippen molar-refractivity contribution in [2.75, 3.05) is 19.7 Å². The molecule has 0 saturated carbocycles. The van der Waals surface area contributed by atoms with Gasteiger partial charge in [0.2, 0.25) is 0 Å². The summed E-state index contributed by atoms with van der Waals surface area (Å²) in [6.07, 6.45) is -0.692. The van der Waals surface area contributed by atoms with Crippen LogP contribution < -0.4 is 0 Å². The van der Waals surface area contributed by atoms with E-state index < -0.39 is 12.1 Å². The molecule has 0 unspecified atom stereocenters. The molecule has 1 fully saturated rings. The summed E-state index contributed by atoms with van der Waals surface area (Å²) in [5.41, 5.74) is 0. The van der Waals surface area contributed by atoms with Crippen LogP contribution in [0, 0.1) is 0 Å². The number of benzene rings is 1. The van der Waals surface area contributed by atoms with Gasteiger partial charge in [-0.05, 0) is 17.5 Å². The zero-order valence-electron chi connectivity index (χ0n) is 10.4. The maximum Gasteiger partial charge on any atom is 0.334 e. The van der Waals surface area contributed by atoms with Crippen LogP contribution >= 0.6 is 11.3 Å². The highest BCUT2D eigenvalue weighted by Gasteiger charge is 2.26. The average Bonchev–Trinajstić information content (AvgIpc) is 2.81. The Hall–Kier alpha value is -1.43. The molecule has 1 aliphatic rings. The van der Waals surface area contributed by atoms with Gasteiger partial charge >= 0.3 is 5.97 Å². The molecule has 2 aromatic rings. The molecule has 5 heteroatoms. The molecule has 1 aromatic heterocycles. The van der Waals surface area contributed by atoms with E-state index in [9.17, 15) is 4.79 Å². The van der Waals surface area contributed by atoms with Gasteiger partial charge in [0, 0.05) is 29.2 Å². The number of carboxylic acids is 1. The maximum absolute atomic E-state index is 10.9. The molecule has 2 heterocycles. The molecule has 0 bridgehead atoms. The molecule has 0 radical (unpaired) electrons. The van der Waals surface area contributed by atoms with Crippen LogP contribution in [0.3, 0.4) is 0 Å².